The molecule has 0 saturated carbocycles. The second kappa shape index (κ2) is 6.30. The van der Waals surface area contributed by atoms with Crippen LogP contribution in [0, 0.1) is 0 Å². The van der Waals surface area contributed by atoms with Crippen molar-refractivity contribution < 1.29 is 14.2 Å². The minimum absolute atomic E-state index is 0.0880. The third-order valence-electron chi connectivity index (χ3n) is 3.70. The Morgan fingerprint density at radius 1 is 1.40 bits per heavy atom. The van der Waals surface area contributed by atoms with Gasteiger partial charge >= 0.3 is 0 Å². The van der Waals surface area contributed by atoms with E-state index in [0.717, 1.165) is 47.5 Å². The van der Waals surface area contributed by atoms with Gasteiger partial charge in [-0.3, -0.25) is 0 Å². The van der Waals surface area contributed by atoms with E-state index in [0.29, 0.717) is 12.6 Å². The van der Waals surface area contributed by atoms with Crippen LogP contribution in [0.25, 0.3) is 0 Å². The van der Waals surface area contributed by atoms with E-state index in [2.05, 4.69) is 21.2 Å². The summed E-state index contributed by atoms with van der Waals surface area (Å²) < 4.78 is 17.4. The monoisotopic (exact) mass is 342 g/mol. The summed E-state index contributed by atoms with van der Waals surface area (Å²) >= 11 is 3.51. The number of rotatable bonds is 5. The smallest absolute Gasteiger partial charge is 0.231 e. The molecule has 0 spiro atoms. The van der Waals surface area contributed by atoms with Crippen LogP contribution in [0.4, 0.5) is 0 Å². The quantitative estimate of drug-likeness (QED) is 0.856. The van der Waals surface area contributed by atoms with Crippen LogP contribution >= 0.6 is 15.9 Å². The van der Waals surface area contributed by atoms with Crippen molar-refractivity contribution >= 4 is 15.9 Å². The van der Waals surface area contributed by atoms with Gasteiger partial charge in [0.15, 0.2) is 11.5 Å². The molecule has 0 aromatic heterocycles. The number of fused-ring (bicyclic) bond motifs is 1. The summed E-state index contributed by atoms with van der Waals surface area (Å²) in [5, 5.41) is 3.48. The number of nitrogens with two attached hydrogens (primary N) is 1. The van der Waals surface area contributed by atoms with Crippen molar-refractivity contribution in [3.63, 3.8) is 0 Å². The molecule has 6 heteroatoms. The van der Waals surface area contributed by atoms with Crippen LogP contribution < -0.4 is 20.5 Å². The van der Waals surface area contributed by atoms with Gasteiger partial charge in [0, 0.05) is 25.7 Å². The predicted octanol–water partition coefficient (Wildman–Crippen LogP) is 1.95. The summed E-state index contributed by atoms with van der Waals surface area (Å²) in [4.78, 5) is 0. The zero-order valence-corrected chi connectivity index (χ0v) is 12.8. The van der Waals surface area contributed by atoms with Crippen molar-refractivity contribution in [1.29, 1.82) is 0 Å². The number of hydrogen-bond donors (Lipinski definition) is 2. The molecule has 2 heterocycles. The molecule has 1 aromatic rings. The van der Waals surface area contributed by atoms with Crippen molar-refractivity contribution in [2.24, 2.45) is 5.73 Å². The van der Waals surface area contributed by atoms with E-state index >= 15 is 0 Å². The third-order valence-corrected chi connectivity index (χ3v) is 4.29. The molecule has 5 nitrogen and oxygen atoms in total. The minimum atomic E-state index is 0.0880. The fourth-order valence-corrected chi connectivity index (χ4v) is 3.18. The standard InChI is InChI=1S/C14H19BrN2O3/c15-11-4-9(5-13-14(11)20-8-19-13)12(6-16)17-7-10-2-1-3-18-10/h4-5,10,12,17H,1-3,6-8,16H2. The molecular formula is C14H19BrN2O3. The number of benzene rings is 1. The molecular weight excluding hydrogens is 324 g/mol. The van der Waals surface area contributed by atoms with E-state index in [9.17, 15) is 0 Å². The summed E-state index contributed by atoms with van der Waals surface area (Å²) in [5.41, 5.74) is 6.99. The molecule has 2 aliphatic heterocycles. The fourth-order valence-electron chi connectivity index (χ4n) is 2.60. The lowest BCUT2D eigenvalue weighted by atomic mass is 10.1. The van der Waals surface area contributed by atoms with Crippen LogP contribution in [0.3, 0.4) is 0 Å². The maximum Gasteiger partial charge on any atom is 0.231 e. The number of halogens is 1. The summed E-state index contributed by atoms with van der Waals surface area (Å²) in [6, 6.07) is 4.12. The summed E-state index contributed by atoms with van der Waals surface area (Å²) in [6.45, 7) is 2.50. The second-order valence-electron chi connectivity index (χ2n) is 5.07. The summed E-state index contributed by atoms with van der Waals surface area (Å²) in [6.07, 6.45) is 2.58. The molecule has 1 saturated heterocycles. The van der Waals surface area contributed by atoms with Gasteiger partial charge in [-0.15, -0.1) is 0 Å². The van der Waals surface area contributed by atoms with Gasteiger partial charge in [0.1, 0.15) is 0 Å². The van der Waals surface area contributed by atoms with Crippen LogP contribution in [-0.4, -0.2) is 32.6 Å². The van der Waals surface area contributed by atoms with Crippen molar-refractivity contribution in [1.82, 2.24) is 5.32 Å². The van der Waals surface area contributed by atoms with Crippen LogP contribution in [0.2, 0.25) is 0 Å². The molecule has 1 fully saturated rings. The highest BCUT2D eigenvalue weighted by atomic mass is 79.9. The molecule has 0 radical (unpaired) electrons. The van der Waals surface area contributed by atoms with E-state index in [-0.39, 0.29) is 12.8 Å². The van der Waals surface area contributed by atoms with Gasteiger partial charge in [0.25, 0.3) is 0 Å². The van der Waals surface area contributed by atoms with Crippen molar-refractivity contribution in [3.05, 3.63) is 22.2 Å². The molecule has 2 aliphatic rings. The molecule has 2 unspecified atom stereocenters. The normalized spacial score (nSPS) is 22.2. The lowest BCUT2D eigenvalue weighted by Crippen LogP contribution is -2.34. The topological polar surface area (TPSA) is 65.7 Å². The molecule has 2 atom stereocenters. The minimum Gasteiger partial charge on any atom is -0.454 e. The Balaban J connectivity index is 1.70. The zero-order valence-electron chi connectivity index (χ0n) is 11.2. The van der Waals surface area contributed by atoms with Crippen molar-refractivity contribution in [2.75, 3.05) is 26.5 Å². The first-order valence-electron chi connectivity index (χ1n) is 6.92. The highest BCUT2D eigenvalue weighted by Crippen LogP contribution is 2.41. The molecule has 20 heavy (non-hydrogen) atoms. The van der Waals surface area contributed by atoms with Gasteiger partial charge in [0.05, 0.1) is 10.6 Å². The van der Waals surface area contributed by atoms with Gasteiger partial charge in [-0.25, -0.2) is 0 Å². The largest absolute Gasteiger partial charge is 0.454 e. The Hall–Kier alpha value is -0.820. The Labute approximate surface area is 126 Å². The first kappa shape index (κ1) is 14.1. The van der Waals surface area contributed by atoms with E-state index < -0.39 is 0 Å². The lowest BCUT2D eigenvalue weighted by Gasteiger charge is -2.20. The van der Waals surface area contributed by atoms with Gasteiger partial charge < -0.3 is 25.3 Å². The average molecular weight is 343 g/mol. The van der Waals surface area contributed by atoms with Gasteiger partial charge in [-0.2, -0.15) is 0 Å². The molecule has 3 rings (SSSR count). The van der Waals surface area contributed by atoms with Crippen molar-refractivity contribution in [2.45, 2.75) is 25.0 Å². The second-order valence-corrected chi connectivity index (χ2v) is 5.92. The van der Waals surface area contributed by atoms with E-state index in [1.54, 1.807) is 0 Å². The van der Waals surface area contributed by atoms with Gasteiger partial charge in [-0.1, -0.05) is 0 Å². The van der Waals surface area contributed by atoms with Gasteiger partial charge in [0.2, 0.25) is 6.79 Å². The Kier molecular flexibility index (Phi) is 4.45. The first-order valence-corrected chi connectivity index (χ1v) is 7.71. The summed E-state index contributed by atoms with van der Waals surface area (Å²) in [7, 11) is 0. The molecule has 0 aliphatic carbocycles. The number of hydrogen-bond acceptors (Lipinski definition) is 5. The van der Waals surface area contributed by atoms with Crippen LogP contribution in [0.5, 0.6) is 11.5 Å². The first-order chi connectivity index (χ1) is 9.78. The zero-order chi connectivity index (χ0) is 13.9. The van der Waals surface area contributed by atoms with Gasteiger partial charge in [-0.05, 0) is 46.5 Å². The van der Waals surface area contributed by atoms with E-state index in [4.69, 9.17) is 19.9 Å². The number of ether oxygens (including phenoxy) is 3. The Morgan fingerprint density at radius 3 is 3.05 bits per heavy atom. The van der Waals surface area contributed by atoms with Crippen LogP contribution in [0.1, 0.15) is 24.4 Å². The van der Waals surface area contributed by atoms with Crippen molar-refractivity contribution in [3.8, 4) is 11.5 Å². The fraction of sp³-hybridized carbons (Fsp3) is 0.571. The molecule has 110 valence electrons. The predicted molar refractivity (Wildman–Crippen MR) is 79.0 cm³/mol. The maximum absolute atomic E-state index is 5.89. The SMILES string of the molecule is NCC(NCC1CCCO1)c1cc(Br)c2c(c1)OCO2. The molecule has 3 N–H and O–H groups in total. The van der Waals surface area contributed by atoms with E-state index in [1.807, 2.05) is 12.1 Å². The molecule has 0 bridgehead atoms. The van der Waals surface area contributed by atoms with Crippen LogP contribution in [0.15, 0.2) is 16.6 Å². The van der Waals surface area contributed by atoms with Crippen LogP contribution in [-0.2, 0) is 4.74 Å². The number of nitrogens with one attached hydrogen (secondary N) is 1. The summed E-state index contributed by atoms with van der Waals surface area (Å²) in [5.74, 6) is 1.54. The highest BCUT2D eigenvalue weighted by Gasteiger charge is 2.22. The lowest BCUT2D eigenvalue weighted by molar-refractivity contribution is 0.107. The highest BCUT2D eigenvalue weighted by molar-refractivity contribution is 9.10. The maximum atomic E-state index is 5.89. The van der Waals surface area contributed by atoms with E-state index in [1.165, 1.54) is 0 Å². The third kappa shape index (κ3) is 2.93. The Morgan fingerprint density at radius 2 is 2.30 bits per heavy atom. The molecule has 0 amide bonds. The average Bonchev–Trinajstić information content (AvgIpc) is 3.10. The Bertz CT molecular complexity index is 478. The molecule has 1 aromatic carbocycles.